The minimum Gasteiger partial charge on any atom is -0.396 e. The van der Waals surface area contributed by atoms with Crippen LogP contribution in [0.4, 0.5) is 5.82 Å². The van der Waals surface area contributed by atoms with Crippen molar-refractivity contribution in [3.05, 3.63) is 72.2 Å². The molecule has 5 nitrogen and oxygen atoms in total. The summed E-state index contributed by atoms with van der Waals surface area (Å²) in [6.45, 7) is 0.939. The smallest absolute Gasteiger partial charge is 0.126 e. The molecule has 0 saturated carbocycles. The zero-order valence-corrected chi connectivity index (χ0v) is 14.1. The molecule has 2 heterocycles. The minimum absolute atomic E-state index is 0.218. The number of rotatable bonds is 8. The molecule has 3 aromatic rings. The second-order valence-corrected chi connectivity index (χ2v) is 6.40. The van der Waals surface area contributed by atoms with Crippen molar-refractivity contribution in [2.24, 2.45) is 0 Å². The summed E-state index contributed by atoms with van der Waals surface area (Å²) in [6.07, 6.45) is 5.52. The highest BCUT2D eigenvalue weighted by Crippen LogP contribution is 2.15. The van der Waals surface area contributed by atoms with Gasteiger partial charge in [0.1, 0.15) is 5.82 Å². The quantitative estimate of drug-likeness (QED) is 0.617. The number of aromatic nitrogens is 3. The van der Waals surface area contributed by atoms with Crippen LogP contribution in [0.25, 0.3) is 5.69 Å². The van der Waals surface area contributed by atoms with Gasteiger partial charge in [-0.3, -0.25) is 0 Å². The molecular weight excluding hydrogens is 320 g/mol. The van der Waals surface area contributed by atoms with Gasteiger partial charge in [0.15, 0.2) is 0 Å². The SMILES string of the molecule is OCCSCc1ccnc(NCc2ccc(-n3cccn3)cc2)c1. The molecule has 6 heteroatoms. The first-order chi connectivity index (χ1) is 11.8. The van der Waals surface area contributed by atoms with Gasteiger partial charge in [-0.1, -0.05) is 12.1 Å². The summed E-state index contributed by atoms with van der Waals surface area (Å²) in [5.74, 6) is 2.51. The zero-order valence-electron chi connectivity index (χ0n) is 13.3. The fourth-order valence-electron chi connectivity index (χ4n) is 2.30. The second-order valence-electron chi connectivity index (χ2n) is 5.30. The van der Waals surface area contributed by atoms with E-state index in [1.165, 1.54) is 11.1 Å². The van der Waals surface area contributed by atoms with E-state index in [9.17, 15) is 0 Å². The van der Waals surface area contributed by atoms with Crippen LogP contribution in [0.3, 0.4) is 0 Å². The normalized spacial score (nSPS) is 10.7. The molecule has 0 atom stereocenters. The Morgan fingerprint density at radius 2 is 1.96 bits per heavy atom. The summed E-state index contributed by atoms with van der Waals surface area (Å²) in [5.41, 5.74) is 3.44. The molecule has 2 N–H and O–H groups in total. The Balaban J connectivity index is 1.56. The second kappa shape index (κ2) is 8.52. The first-order valence-electron chi connectivity index (χ1n) is 7.81. The molecular formula is C18H20N4OS. The molecule has 1 aromatic carbocycles. The fourth-order valence-corrected chi connectivity index (χ4v) is 2.98. The molecule has 0 saturated heterocycles. The van der Waals surface area contributed by atoms with Crippen molar-refractivity contribution >= 4 is 17.6 Å². The first-order valence-corrected chi connectivity index (χ1v) is 8.97. The van der Waals surface area contributed by atoms with Crippen molar-refractivity contribution in [3.63, 3.8) is 0 Å². The lowest BCUT2D eigenvalue weighted by Crippen LogP contribution is -2.02. The highest BCUT2D eigenvalue weighted by molar-refractivity contribution is 7.98. The number of hydrogen-bond acceptors (Lipinski definition) is 5. The van der Waals surface area contributed by atoms with Gasteiger partial charge in [-0.25, -0.2) is 9.67 Å². The van der Waals surface area contributed by atoms with Gasteiger partial charge in [0, 0.05) is 36.6 Å². The molecule has 0 bridgehead atoms. The highest BCUT2D eigenvalue weighted by atomic mass is 32.2. The molecule has 0 amide bonds. The van der Waals surface area contributed by atoms with E-state index in [-0.39, 0.29) is 6.61 Å². The Morgan fingerprint density at radius 1 is 1.08 bits per heavy atom. The standard InChI is InChI=1S/C18H20N4OS/c23-10-11-24-14-16-6-8-19-18(12-16)20-13-15-2-4-17(5-3-15)22-9-1-7-21-22/h1-9,12,23H,10-11,13-14H2,(H,19,20). The number of nitrogens with zero attached hydrogens (tertiary/aromatic N) is 3. The molecule has 2 aromatic heterocycles. The van der Waals surface area contributed by atoms with E-state index in [1.807, 2.05) is 29.2 Å². The molecule has 0 fully saturated rings. The van der Waals surface area contributed by atoms with Gasteiger partial charge in [-0.05, 0) is 41.5 Å². The Hall–Kier alpha value is -2.31. The van der Waals surface area contributed by atoms with Crippen LogP contribution in [0.1, 0.15) is 11.1 Å². The minimum atomic E-state index is 0.218. The maximum Gasteiger partial charge on any atom is 0.126 e. The van der Waals surface area contributed by atoms with Crippen LogP contribution in [-0.2, 0) is 12.3 Å². The van der Waals surface area contributed by atoms with Crippen LogP contribution in [0.5, 0.6) is 0 Å². The van der Waals surface area contributed by atoms with Crippen LogP contribution in [0, 0.1) is 0 Å². The monoisotopic (exact) mass is 340 g/mol. The molecule has 0 aliphatic rings. The molecule has 0 aliphatic carbocycles. The summed E-state index contributed by atoms with van der Waals surface area (Å²) >= 11 is 1.72. The summed E-state index contributed by atoms with van der Waals surface area (Å²) in [6, 6.07) is 14.3. The van der Waals surface area contributed by atoms with Gasteiger partial charge >= 0.3 is 0 Å². The zero-order chi connectivity index (χ0) is 16.6. The lowest BCUT2D eigenvalue weighted by atomic mass is 10.2. The predicted octanol–water partition coefficient (Wildman–Crippen LogP) is 3.10. The van der Waals surface area contributed by atoms with Crippen molar-refractivity contribution < 1.29 is 5.11 Å². The van der Waals surface area contributed by atoms with Crippen LogP contribution in [0.15, 0.2) is 61.1 Å². The van der Waals surface area contributed by atoms with Crippen molar-refractivity contribution in [1.82, 2.24) is 14.8 Å². The average molecular weight is 340 g/mol. The fraction of sp³-hybridized carbons (Fsp3) is 0.222. The van der Waals surface area contributed by atoms with Crippen molar-refractivity contribution in [2.75, 3.05) is 17.7 Å². The molecule has 24 heavy (non-hydrogen) atoms. The largest absolute Gasteiger partial charge is 0.396 e. The Bertz CT molecular complexity index is 744. The maximum absolute atomic E-state index is 8.84. The predicted molar refractivity (Wildman–Crippen MR) is 98.4 cm³/mol. The maximum atomic E-state index is 8.84. The third kappa shape index (κ3) is 4.59. The van der Waals surface area contributed by atoms with E-state index < -0.39 is 0 Å². The van der Waals surface area contributed by atoms with Crippen molar-refractivity contribution in [3.8, 4) is 5.69 Å². The van der Waals surface area contributed by atoms with Crippen LogP contribution in [0.2, 0.25) is 0 Å². The molecule has 0 radical (unpaired) electrons. The molecule has 124 valence electrons. The van der Waals surface area contributed by atoms with Gasteiger partial charge in [0.2, 0.25) is 0 Å². The molecule has 0 aliphatic heterocycles. The van der Waals surface area contributed by atoms with Gasteiger partial charge in [-0.15, -0.1) is 0 Å². The number of hydrogen-bond donors (Lipinski definition) is 2. The van der Waals surface area contributed by atoms with Gasteiger partial charge in [0.25, 0.3) is 0 Å². The number of benzene rings is 1. The molecule has 0 unspecified atom stereocenters. The van der Waals surface area contributed by atoms with Gasteiger partial charge in [0.05, 0.1) is 12.3 Å². The van der Waals surface area contributed by atoms with E-state index in [0.717, 1.165) is 29.6 Å². The van der Waals surface area contributed by atoms with Gasteiger partial charge < -0.3 is 10.4 Å². The molecule has 3 rings (SSSR count). The molecule has 0 spiro atoms. The Morgan fingerprint density at radius 3 is 2.71 bits per heavy atom. The number of nitrogens with one attached hydrogen (secondary N) is 1. The van der Waals surface area contributed by atoms with E-state index in [1.54, 1.807) is 18.0 Å². The summed E-state index contributed by atoms with van der Waals surface area (Å²) < 4.78 is 1.84. The van der Waals surface area contributed by atoms with Crippen molar-refractivity contribution in [1.29, 1.82) is 0 Å². The number of thioether (sulfide) groups is 1. The van der Waals surface area contributed by atoms with E-state index >= 15 is 0 Å². The lowest BCUT2D eigenvalue weighted by Gasteiger charge is -2.08. The van der Waals surface area contributed by atoms with Crippen LogP contribution in [-0.4, -0.2) is 32.2 Å². The summed E-state index contributed by atoms with van der Waals surface area (Å²) in [4.78, 5) is 4.36. The average Bonchev–Trinajstić information content (AvgIpc) is 3.16. The number of anilines is 1. The van der Waals surface area contributed by atoms with Crippen molar-refractivity contribution in [2.45, 2.75) is 12.3 Å². The summed E-state index contributed by atoms with van der Waals surface area (Å²) in [7, 11) is 0. The number of aliphatic hydroxyl groups is 1. The number of pyridine rings is 1. The number of aliphatic hydroxyl groups excluding tert-OH is 1. The third-order valence-corrected chi connectivity index (χ3v) is 4.52. The first kappa shape index (κ1) is 16.5. The van der Waals surface area contributed by atoms with E-state index in [2.05, 4.69) is 45.7 Å². The highest BCUT2D eigenvalue weighted by Gasteiger charge is 2.00. The lowest BCUT2D eigenvalue weighted by molar-refractivity contribution is 0.322. The van der Waals surface area contributed by atoms with Crippen LogP contribution < -0.4 is 5.32 Å². The Labute approximate surface area is 145 Å². The van der Waals surface area contributed by atoms with E-state index in [0.29, 0.717) is 0 Å². The van der Waals surface area contributed by atoms with E-state index in [4.69, 9.17) is 5.11 Å². The van der Waals surface area contributed by atoms with Gasteiger partial charge in [-0.2, -0.15) is 16.9 Å². The topological polar surface area (TPSA) is 63.0 Å². The Kier molecular flexibility index (Phi) is 5.87. The van der Waals surface area contributed by atoms with Crippen LogP contribution >= 0.6 is 11.8 Å². The third-order valence-electron chi connectivity index (χ3n) is 3.51. The summed E-state index contributed by atoms with van der Waals surface area (Å²) in [5, 5.41) is 16.4.